The fourth-order valence-corrected chi connectivity index (χ4v) is 1.41. The van der Waals surface area contributed by atoms with Crippen molar-refractivity contribution >= 4 is 14.5 Å². The minimum atomic E-state index is -4.25. The predicted octanol–water partition coefficient (Wildman–Crippen LogP) is 2.77. The first-order valence-corrected chi connectivity index (χ1v) is 4.48. The third-order valence-corrected chi connectivity index (χ3v) is 2.33. The third-order valence-electron chi connectivity index (χ3n) is 1.83. The SMILES string of the molecule is CCc1ccc(P)c(C(F)(F)F)c1. The van der Waals surface area contributed by atoms with Crippen molar-refractivity contribution in [3.63, 3.8) is 0 Å². The Kier molecular flexibility index (Phi) is 2.97. The predicted molar refractivity (Wildman–Crippen MR) is 50.2 cm³/mol. The van der Waals surface area contributed by atoms with E-state index in [-0.39, 0.29) is 5.30 Å². The van der Waals surface area contributed by atoms with Crippen molar-refractivity contribution in [2.75, 3.05) is 0 Å². The third kappa shape index (κ3) is 2.44. The summed E-state index contributed by atoms with van der Waals surface area (Å²) in [6, 6.07) is 4.38. The summed E-state index contributed by atoms with van der Waals surface area (Å²) in [5.41, 5.74) is 0.148. The number of alkyl halides is 3. The molecule has 1 rings (SSSR count). The molecule has 0 bridgehead atoms. The molecule has 1 unspecified atom stereocenters. The van der Waals surface area contributed by atoms with E-state index in [1.165, 1.54) is 12.1 Å². The van der Waals surface area contributed by atoms with Crippen molar-refractivity contribution in [1.82, 2.24) is 0 Å². The van der Waals surface area contributed by atoms with Crippen LogP contribution in [0.15, 0.2) is 18.2 Å². The van der Waals surface area contributed by atoms with Gasteiger partial charge in [-0.25, -0.2) is 0 Å². The van der Waals surface area contributed by atoms with Crippen molar-refractivity contribution in [3.05, 3.63) is 29.3 Å². The zero-order valence-corrected chi connectivity index (χ0v) is 8.31. The number of hydrogen-bond donors (Lipinski definition) is 0. The molecule has 0 aliphatic rings. The summed E-state index contributed by atoms with van der Waals surface area (Å²) < 4.78 is 37.1. The van der Waals surface area contributed by atoms with Gasteiger partial charge in [0.25, 0.3) is 0 Å². The van der Waals surface area contributed by atoms with Crippen LogP contribution in [-0.4, -0.2) is 0 Å². The fraction of sp³-hybridized carbons (Fsp3) is 0.333. The van der Waals surface area contributed by atoms with Crippen molar-refractivity contribution < 1.29 is 13.2 Å². The zero-order chi connectivity index (χ0) is 10.1. The number of halogens is 3. The zero-order valence-electron chi connectivity index (χ0n) is 7.15. The molecular weight excluding hydrogens is 196 g/mol. The van der Waals surface area contributed by atoms with Gasteiger partial charge < -0.3 is 0 Å². The monoisotopic (exact) mass is 206 g/mol. The van der Waals surface area contributed by atoms with Gasteiger partial charge in [-0.05, 0) is 23.4 Å². The lowest BCUT2D eigenvalue weighted by Crippen LogP contribution is -2.14. The van der Waals surface area contributed by atoms with Crippen LogP contribution in [0.25, 0.3) is 0 Å². The molecule has 0 saturated carbocycles. The first-order chi connectivity index (χ1) is 5.95. The van der Waals surface area contributed by atoms with Crippen LogP contribution in [-0.2, 0) is 12.6 Å². The smallest absolute Gasteiger partial charge is 0.166 e. The van der Waals surface area contributed by atoms with E-state index in [0.717, 1.165) is 0 Å². The van der Waals surface area contributed by atoms with Crippen molar-refractivity contribution in [2.45, 2.75) is 19.5 Å². The summed E-state index contributed by atoms with van der Waals surface area (Å²) in [6.45, 7) is 1.83. The molecule has 0 N–H and O–H groups in total. The molecule has 0 fully saturated rings. The van der Waals surface area contributed by atoms with Gasteiger partial charge in [0.1, 0.15) is 0 Å². The standard InChI is InChI=1S/C9H10F3P/c1-2-6-3-4-8(13)7(5-6)9(10,11)12/h3-5H,2,13H2,1H3. The van der Waals surface area contributed by atoms with Gasteiger partial charge in [0.2, 0.25) is 0 Å². The maximum absolute atomic E-state index is 12.4. The van der Waals surface area contributed by atoms with E-state index in [2.05, 4.69) is 9.24 Å². The molecule has 0 aliphatic carbocycles. The Bertz CT molecular complexity index is 304. The van der Waals surface area contributed by atoms with Crippen LogP contribution in [0.4, 0.5) is 13.2 Å². The summed E-state index contributed by atoms with van der Waals surface area (Å²) in [5.74, 6) is 0. The van der Waals surface area contributed by atoms with Crippen molar-refractivity contribution in [3.8, 4) is 0 Å². The van der Waals surface area contributed by atoms with Crippen molar-refractivity contribution in [1.29, 1.82) is 0 Å². The average Bonchev–Trinajstić information content (AvgIpc) is 2.03. The molecule has 0 aromatic heterocycles. The van der Waals surface area contributed by atoms with Crippen molar-refractivity contribution in [2.24, 2.45) is 0 Å². The van der Waals surface area contributed by atoms with E-state index in [1.807, 2.05) is 6.92 Å². The highest BCUT2D eigenvalue weighted by Gasteiger charge is 2.32. The Morgan fingerprint density at radius 1 is 1.31 bits per heavy atom. The van der Waals surface area contributed by atoms with Gasteiger partial charge >= 0.3 is 6.18 Å². The molecule has 0 saturated heterocycles. The maximum Gasteiger partial charge on any atom is 0.417 e. The van der Waals surface area contributed by atoms with Gasteiger partial charge in [0, 0.05) is 0 Å². The average molecular weight is 206 g/mol. The van der Waals surface area contributed by atoms with Gasteiger partial charge in [-0.15, -0.1) is 9.24 Å². The Morgan fingerprint density at radius 2 is 1.92 bits per heavy atom. The molecule has 1 aromatic rings. The molecule has 0 amide bonds. The summed E-state index contributed by atoms with van der Waals surface area (Å²) in [5, 5.41) is 0.199. The molecule has 72 valence electrons. The highest BCUT2D eigenvalue weighted by atomic mass is 31.0. The number of hydrogen-bond acceptors (Lipinski definition) is 0. The second kappa shape index (κ2) is 3.67. The lowest BCUT2D eigenvalue weighted by atomic mass is 10.1. The highest BCUT2D eigenvalue weighted by molar-refractivity contribution is 7.27. The normalized spacial score (nSPS) is 11.8. The summed E-state index contributed by atoms with van der Waals surface area (Å²) >= 11 is 0. The van der Waals surface area contributed by atoms with E-state index in [1.54, 1.807) is 6.07 Å². The van der Waals surface area contributed by atoms with Gasteiger partial charge in [-0.1, -0.05) is 19.1 Å². The van der Waals surface area contributed by atoms with Crippen LogP contribution in [0.1, 0.15) is 18.1 Å². The van der Waals surface area contributed by atoms with Gasteiger partial charge in [0.05, 0.1) is 5.56 Å². The second-order valence-electron chi connectivity index (χ2n) is 2.77. The lowest BCUT2D eigenvalue weighted by Gasteiger charge is -2.10. The van der Waals surface area contributed by atoms with Crippen LogP contribution in [0.2, 0.25) is 0 Å². The molecule has 1 atom stereocenters. The second-order valence-corrected chi connectivity index (χ2v) is 3.39. The fourth-order valence-electron chi connectivity index (χ4n) is 1.07. The van der Waals surface area contributed by atoms with Gasteiger partial charge in [0.15, 0.2) is 0 Å². The minimum absolute atomic E-state index is 0.199. The molecule has 4 heteroatoms. The Hall–Kier alpha value is -0.560. The highest BCUT2D eigenvalue weighted by Crippen LogP contribution is 2.29. The number of benzene rings is 1. The van der Waals surface area contributed by atoms with E-state index in [0.29, 0.717) is 12.0 Å². The summed E-state index contributed by atoms with van der Waals surface area (Å²) in [6.07, 6.45) is -3.63. The summed E-state index contributed by atoms with van der Waals surface area (Å²) in [7, 11) is 2.10. The molecule has 0 spiro atoms. The summed E-state index contributed by atoms with van der Waals surface area (Å²) in [4.78, 5) is 0. The van der Waals surface area contributed by atoms with Crippen LogP contribution in [0, 0.1) is 0 Å². The van der Waals surface area contributed by atoms with Crippen LogP contribution in [0.5, 0.6) is 0 Å². The molecule has 1 aromatic carbocycles. The Morgan fingerprint density at radius 3 is 2.38 bits per heavy atom. The minimum Gasteiger partial charge on any atom is -0.166 e. The largest absolute Gasteiger partial charge is 0.417 e. The first kappa shape index (κ1) is 10.5. The molecule has 0 nitrogen and oxygen atoms in total. The molecule has 0 heterocycles. The topological polar surface area (TPSA) is 0 Å². The quantitative estimate of drug-likeness (QED) is 0.620. The first-order valence-electron chi connectivity index (χ1n) is 3.90. The van der Waals surface area contributed by atoms with Crippen LogP contribution < -0.4 is 5.30 Å². The van der Waals surface area contributed by atoms with E-state index < -0.39 is 11.7 Å². The molecular formula is C9H10F3P. The van der Waals surface area contributed by atoms with E-state index in [4.69, 9.17) is 0 Å². The van der Waals surface area contributed by atoms with E-state index in [9.17, 15) is 13.2 Å². The number of aryl methyl sites for hydroxylation is 1. The van der Waals surface area contributed by atoms with Crippen LogP contribution in [0.3, 0.4) is 0 Å². The maximum atomic E-state index is 12.4. The molecule has 0 radical (unpaired) electrons. The van der Waals surface area contributed by atoms with Gasteiger partial charge in [-0.2, -0.15) is 13.2 Å². The molecule has 13 heavy (non-hydrogen) atoms. The van der Waals surface area contributed by atoms with Gasteiger partial charge in [-0.3, -0.25) is 0 Å². The Balaban J connectivity index is 3.19. The van der Waals surface area contributed by atoms with E-state index >= 15 is 0 Å². The lowest BCUT2D eigenvalue weighted by molar-refractivity contribution is -0.136. The number of rotatable bonds is 1. The Labute approximate surface area is 77.4 Å². The molecule has 0 aliphatic heterocycles. The van der Waals surface area contributed by atoms with Crippen LogP contribution >= 0.6 is 9.24 Å².